The van der Waals surface area contributed by atoms with Gasteiger partial charge in [-0.25, -0.2) is 0 Å². The lowest BCUT2D eigenvalue weighted by Gasteiger charge is -2.44. The smallest absolute Gasteiger partial charge is 0.0276 e. The molecule has 2 rings (SSSR count). The van der Waals surface area contributed by atoms with E-state index in [0.717, 1.165) is 19.6 Å². The van der Waals surface area contributed by atoms with E-state index < -0.39 is 0 Å². The fourth-order valence-corrected chi connectivity index (χ4v) is 3.06. The molecular weight excluding hydrogens is 250 g/mol. The maximum Gasteiger partial charge on any atom is 0.0276 e. The van der Waals surface area contributed by atoms with Gasteiger partial charge in [0, 0.05) is 77.5 Å². The van der Waals surface area contributed by atoms with Gasteiger partial charge in [-0.2, -0.15) is 0 Å². The molecule has 2 heterocycles. The van der Waals surface area contributed by atoms with Crippen LogP contribution < -0.4 is 5.73 Å². The number of hydrogen-bond donors (Lipinski definition) is 1. The summed E-state index contributed by atoms with van der Waals surface area (Å²) in [6, 6.07) is 0. The molecule has 0 aromatic rings. The van der Waals surface area contributed by atoms with Gasteiger partial charge in [0.1, 0.15) is 0 Å². The molecule has 0 spiro atoms. The highest BCUT2D eigenvalue weighted by atomic mass is 15.3. The highest BCUT2D eigenvalue weighted by Crippen LogP contribution is 2.15. The molecule has 2 aliphatic rings. The van der Waals surface area contributed by atoms with Gasteiger partial charge in [-0.15, -0.1) is 0 Å². The van der Waals surface area contributed by atoms with Crippen LogP contribution in [0.5, 0.6) is 0 Å². The fraction of sp³-hybridized carbons (Fsp3) is 1.00. The van der Waals surface area contributed by atoms with Crippen LogP contribution in [-0.4, -0.2) is 104 Å². The molecule has 2 saturated heterocycles. The van der Waals surface area contributed by atoms with Crippen molar-refractivity contribution in [1.82, 2.24) is 19.6 Å². The van der Waals surface area contributed by atoms with Gasteiger partial charge in [0.05, 0.1) is 0 Å². The Labute approximate surface area is 124 Å². The first kappa shape index (κ1) is 16.2. The van der Waals surface area contributed by atoms with Crippen LogP contribution in [0, 0.1) is 0 Å². The number of hydrogen-bond acceptors (Lipinski definition) is 5. The summed E-state index contributed by atoms with van der Waals surface area (Å²) in [5.74, 6) is 0. The highest BCUT2D eigenvalue weighted by Gasteiger charge is 2.28. The third kappa shape index (κ3) is 4.40. The molecule has 0 amide bonds. The zero-order chi connectivity index (χ0) is 14.6. The van der Waals surface area contributed by atoms with Gasteiger partial charge in [0.15, 0.2) is 0 Å². The lowest BCUT2D eigenvalue weighted by molar-refractivity contribution is 0.0492. The number of nitrogens with zero attached hydrogens (tertiary/aromatic N) is 4. The second kappa shape index (κ2) is 7.18. The number of nitrogens with two attached hydrogens (primary N) is 1. The first-order chi connectivity index (χ1) is 9.51. The molecule has 0 aromatic heterocycles. The zero-order valence-electron chi connectivity index (χ0n) is 13.6. The van der Waals surface area contributed by atoms with Crippen LogP contribution in [0.15, 0.2) is 0 Å². The minimum absolute atomic E-state index is 0.156. The van der Waals surface area contributed by atoms with E-state index in [1.54, 1.807) is 0 Å². The Bertz CT molecular complexity index is 278. The minimum atomic E-state index is 0.156. The van der Waals surface area contributed by atoms with Crippen molar-refractivity contribution in [2.24, 2.45) is 5.73 Å². The Morgan fingerprint density at radius 1 is 0.800 bits per heavy atom. The van der Waals surface area contributed by atoms with E-state index in [2.05, 4.69) is 40.5 Å². The van der Waals surface area contributed by atoms with Gasteiger partial charge >= 0.3 is 0 Å². The predicted molar refractivity (Wildman–Crippen MR) is 85.1 cm³/mol. The number of piperazine rings is 2. The van der Waals surface area contributed by atoms with Gasteiger partial charge in [0.25, 0.3) is 0 Å². The first-order valence-corrected chi connectivity index (χ1v) is 8.09. The zero-order valence-corrected chi connectivity index (χ0v) is 13.6. The molecule has 0 atom stereocenters. The van der Waals surface area contributed by atoms with E-state index in [0.29, 0.717) is 0 Å². The van der Waals surface area contributed by atoms with E-state index in [9.17, 15) is 0 Å². The molecular formula is C15H33N5. The Hall–Kier alpha value is -0.200. The topological polar surface area (TPSA) is 39.0 Å². The van der Waals surface area contributed by atoms with Gasteiger partial charge in [-0.1, -0.05) is 0 Å². The van der Waals surface area contributed by atoms with Crippen LogP contribution in [0.3, 0.4) is 0 Å². The van der Waals surface area contributed by atoms with E-state index in [-0.39, 0.29) is 5.54 Å². The summed E-state index contributed by atoms with van der Waals surface area (Å²) in [5, 5.41) is 0. The van der Waals surface area contributed by atoms with Crippen LogP contribution >= 0.6 is 0 Å². The Balaban J connectivity index is 1.65. The van der Waals surface area contributed by atoms with Crippen molar-refractivity contribution in [3.8, 4) is 0 Å². The second-order valence-electron chi connectivity index (χ2n) is 6.99. The lowest BCUT2D eigenvalue weighted by Crippen LogP contribution is -2.58. The SMILES string of the molecule is CN1CCN(CCN2CCN(C(C)(C)CN)CC2)CC1. The van der Waals surface area contributed by atoms with Crippen molar-refractivity contribution in [2.75, 3.05) is 79.0 Å². The Morgan fingerprint density at radius 2 is 1.25 bits per heavy atom. The second-order valence-corrected chi connectivity index (χ2v) is 6.99. The van der Waals surface area contributed by atoms with Gasteiger partial charge in [-0.3, -0.25) is 14.7 Å². The monoisotopic (exact) mass is 283 g/mol. The van der Waals surface area contributed by atoms with Crippen molar-refractivity contribution in [3.05, 3.63) is 0 Å². The molecule has 5 nitrogen and oxygen atoms in total. The van der Waals surface area contributed by atoms with Crippen LogP contribution in [0.1, 0.15) is 13.8 Å². The van der Waals surface area contributed by atoms with E-state index in [1.807, 2.05) is 0 Å². The normalized spacial score (nSPS) is 25.2. The molecule has 2 aliphatic heterocycles. The van der Waals surface area contributed by atoms with Gasteiger partial charge in [-0.05, 0) is 20.9 Å². The van der Waals surface area contributed by atoms with Crippen LogP contribution in [0.4, 0.5) is 0 Å². The molecule has 5 heteroatoms. The molecule has 2 N–H and O–H groups in total. The summed E-state index contributed by atoms with van der Waals surface area (Å²) in [5.41, 5.74) is 6.03. The lowest BCUT2D eigenvalue weighted by atomic mass is 10.0. The third-order valence-corrected chi connectivity index (χ3v) is 5.06. The average molecular weight is 283 g/mol. The van der Waals surface area contributed by atoms with Gasteiger partial charge in [0.2, 0.25) is 0 Å². The van der Waals surface area contributed by atoms with E-state index >= 15 is 0 Å². The molecule has 0 aliphatic carbocycles. The molecule has 0 saturated carbocycles. The van der Waals surface area contributed by atoms with Crippen molar-refractivity contribution in [1.29, 1.82) is 0 Å². The molecule has 0 radical (unpaired) electrons. The van der Waals surface area contributed by atoms with Gasteiger partial charge < -0.3 is 10.6 Å². The maximum absolute atomic E-state index is 5.87. The van der Waals surface area contributed by atoms with Crippen molar-refractivity contribution in [3.63, 3.8) is 0 Å². The first-order valence-electron chi connectivity index (χ1n) is 8.09. The fourth-order valence-electron chi connectivity index (χ4n) is 3.06. The molecule has 0 aromatic carbocycles. The summed E-state index contributed by atoms with van der Waals surface area (Å²) >= 11 is 0. The summed E-state index contributed by atoms with van der Waals surface area (Å²) in [7, 11) is 2.22. The van der Waals surface area contributed by atoms with Crippen LogP contribution in [-0.2, 0) is 0 Å². The predicted octanol–water partition coefficient (Wildman–Crippen LogP) is -0.411. The molecule has 118 valence electrons. The molecule has 0 bridgehead atoms. The van der Waals surface area contributed by atoms with Crippen molar-refractivity contribution < 1.29 is 0 Å². The minimum Gasteiger partial charge on any atom is -0.329 e. The molecule has 0 unspecified atom stereocenters. The van der Waals surface area contributed by atoms with E-state index in [1.165, 1.54) is 52.4 Å². The summed E-state index contributed by atoms with van der Waals surface area (Å²) < 4.78 is 0. The summed E-state index contributed by atoms with van der Waals surface area (Å²) in [4.78, 5) is 10.2. The number of likely N-dealkylation sites (N-methyl/N-ethyl adjacent to an activating group) is 1. The largest absolute Gasteiger partial charge is 0.329 e. The van der Waals surface area contributed by atoms with Crippen LogP contribution in [0.2, 0.25) is 0 Å². The third-order valence-electron chi connectivity index (χ3n) is 5.06. The van der Waals surface area contributed by atoms with Crippen molar-refractivity contribution >= 4 is 0 Å². The van der Waals surface area contributed by atoms with Crippen molar-refractivity contribution in [2.45, 2.75) is 19.4 Å². The Morgan fingerprint density at radius 3 is 1.70 bits per heavy atom. The average Bonchev–Trinajstić information content (AvgIpc) is 2.47. The summed E-state index contributed by atoms with van der Waals surface area (Å²) in [6.45, 7) is 17.3. The highest BCUT2D eigenvalue weighted by molar-refractivity contribution is 4.86. The Kier molecular flexibility index (Phi) is 5.81. The molecule has 20 heavy (non-hydrogen) atoms. The van der Waals surface area contributed by atoms with Crippen LogP contribution in [0.25, 0.3) is 0 Å². The quantitative estimate of drug-likeness (QED) is 0.743. The number of rotatable bonds is 5. The molecule has 2 fully saturated rings. The standard InChI is InChI=1S/C15H33N5/c1-15(2,14-16)20-12-10-19(11-13-20)9-8-18-6-4-17(3)5-7-18/h4-14,16H2,1-3H3. The maximum atomic E-state index is 5.87. The van der Waals surface area contributed by atoms with E-state index in [4.69, 9.17) is 5.73 Å². The summed E-state index contributed by atoms with van der Waals surface area (Å²) in [6.07, 6.45) is 0.